The summed E-state index contributed by atoms with van der Waals surface area (Å²) in [5.74, 6) is -26.9. The van der Waals surface area contributed by atoms with Gasteiger partial charge in [-0.25, -0.2) is 9.59 Å². The fourth-order valence-corrected chi connectivity index (χ4v) is 3.04. The van der Waals surface area contributed by atoms with Crippen LogP contribution in [0.5, 0.6) is 0 Å². The second kappa shape index (κ2) is 7.96. The van der Waals surface area contributed by atoms with Crippen molar-refractivity contribution in [2.24, 2.45) is 0 Å². The molecular formula is C14H10F9NO5S. The molecule has 0 aliphatic heterocycles. The number of carbonyl (C=O) groups is 3. The van der Waals surface area contributed by atoms with Gasteiger partial charge in [0.05, 0.1) is 19.8 Å². The Morgan fingerprint density at radius 1 is 0.833 bits per heavy atom. The smallest absolute Gasteiger partial charge is 0.460 e. The Balaban J connectivity index is 3.48. The molecule has 0 unspecified atom stereocenters. The van der Waals surface area contributed by atoms with E-state index in [-0.39, 0.29) is 16.9 Å². The first-order chi connectivity index (χ1) is 13.4. The van der Waals surface area contributed by atoms with E-state index in [1.54, 1.807) is 0 Å². The van der Waals surface area contributed by atoms with Crippen molar-refractivity contribution >= 4 is 34.2 Å². The Hall–Kier alpha value is -2.52. The maximum atomic E-state index is 13.7. The highest BCUT2D eigenvalue weighted by molar-refractivity contribution is 7.18. The van der Waals surface area contributed by atoms with Crippen LogP contribution in [0.2, 0.25) is 0 Å². The Morgan fingerprint density at radius 3 is 1.70 bits per heavy atom. The monoisotopic (exact) mass is 475 g/mol. The molecule has 0 aliphatic rings. The largest absolute Gasteiger partial charge is 0.465 e. The number of thiophene rings is 1. The van der Waals surface area contributed by atoms with Crippen molar-refractivity contribution in [3.05, 3.63) is 16.0 Å². The van der Waals surface area contributed by atoms with E-state index in [0.717, 1.165) is 26.5 Å². The maximum Gasteiger partial charge on any atom is 0.460 e. The van der Waals surface area contributed by atoms with Gasteiger partial charge in [0, 0.05) is 0 Å². The van der Waals surface area contributed by atoms with Gasteiger partial charge in [0.2, 0.25) is 0 Å². The van der Waals surface area contributed by atoms with Crippen LogP contribution in [0.15, 0.2) is 0 Å². The number of hydrogen-bond donors (Lipinski definition) is 1. The van der Waals surface area contributed by atoms with E-state index in [0.29, 0.717) is 0 Å². The van der Waals surface area contributed by atoms with Crippen LogP contribution < -0.4 is 5.32 Å². The molecule has 1 aromatic heterocycles. The van der Waals surface area contributed by atoms with Gasteiger partial charge >= 0.3 is 41.8 Å². The van der Waals surface area contributed by atoms with E-state index in [2.05, 4.69) is 9.47 Å². The summed E-state index contributed by atoms with van der Waals surface area (Å²) in [4.78, 5) is 34.5. The number of esters is 2. The summed E-state index contributed by atoms with van der Waals surface area (Å²) < 4.78 is 125. The zero-order chi connectivity index (χ0) is 23.9. The molecule has 170 valence electrons. The van der Waals surface area contributed by atoms with Gasteiger partial charge in [-0.2, -0.15) is 39.5 Å². The first-order valence-corrected chi connectivity index (χ1v) is 8.01. The molecule has 1 heterocycles. The summed E-state index contributed by atoms with van der Waals surface area (Å²) in [5.41, 5.74) is -1.14. The average molecular weight is 475 g/mol. The zero-order valence-electron chi connectivity index (χ0n) is 14.9. The van der Waals surface area contributed by atoms with Crippen molar-refractivity contribution in [2.75, 3.05) is 19.5 Å². The second-order valence-corrected chi connectivity index (χ2v) is 6.44. The van der Waals surface area contributed by atoms with Crippen LogP contribution in [0.4, 0.5) is 44.5 Å². The predicted octanol–water partition coefficient (Wildman–Crippen LogP) is 4.04. The van der Waals surface area contributed by atoms with Crippen LogP contribution in [0.25, 0.3) is 0 Å². The number of rotatable bonds is 6. The van der Waals surface area contributed by atoms with Crippen LogP contribution in [0, 0.1) is 6.92 Å². The van der Waals surface area contributed by atoms with E-state index in [1.165, 1.54) is 0 Å². The van der Waals surface area contributed by atoms with E-state index in [9.17, 15) is 53.9 Å². The number of nitrogens with one attached hydrogen (secondary N) is 1. The Morgan fingerprint density at radius 2 is 1.30 bits per heavy atom. The molecule has 1 rings (SSSR count). The molecule has 0 saturated carbocycles. The number of anilines is 1. The number of carbonyl (C=O) groups excluding carboxylic acids is 3. The molecule has 16 heteroatoms. The fourth-order valence-electron chi connectivity index (χ4n) is 1.94. The topological polar surface area (TPSA) is 81.7 Å². The minimum Gasteiger partial charge on any atom is -0.465 e. The maximum absolute atomic E-state index is 13.7. The summed E-state index contributed by atoms with van der Waals surface area (Å²) in [6, 6.07) is 0. The van der Waals surface area contributed by atoms with Crippen LogP contribution in [-0.2, 0) is 14.3 Å². The molecule has 0 aliphatic carbocycles. The molecule has 0 aromatic carbocycles. The zero-order valence-corrected chi connectivity index (χ0v) is 15.7. The van der Waals surface area contributed by atoms with Gasteiger partial charge in [-0.1, -0.05) is 0 Å². The van der Waals surface area contributed by atoms with E-state index in [4.69, 9.17) is 0 Å². The minimum absolute atomic E-state index is 0.0353. The fraction of sp³-hybridized carbons (Fsp3) is 0.500. The third kappa shape index (κ3) is 3.91. The van der Waals surface area contributed by atoms with Gasteiger partial charge in [0.25, 0.3) is 0 Å². The summed E-state index contributed by atoms with van der Waals surface area (Å²) in [6.07, 6.45) is -7.12. The third-order valence-corrected chi connectivity index (χ3v) is 4.75. The lowest BCUT2D eigenvalue weighted by atomic mass is 10.0. The van der Waals surface area contributed by atoms with Gasteiger partial charge in [-0.05, 0) is 12.5 Å². The van der Waals surface area contributed by atoms with Gasteiger partial charge < -0.3 is 14.8 Å². The first kappa shape index (κ1) is 25.5. The highest BCUT2D eigenvalue weighted by Crippen LogP contribution is 2.53. The molecule has 1 amide bonds. The standard InChI is InChI=1S/C14H10F9NO5S/c1-4-5(8(25)28-2)7(30-6(4)9(26)29-3)24-10(27)11(15,16)12(17,18)13(19,20)14(21,22)23/h1-3H3,(H,24,27). The predicted molar refractivity (Wildman–Crippen MR) is 81.3 cm³/mol. The van der Waals surface area contributed by atoms with Crippen molar-refractivity contribution in [1.82, 2.24) is 0 Å². The SMILES string of the molecule is COC(=O)c1sc(NC(=O)C(F)(F)C(F)(F)C(F)(F)C(F)(F)F)c(C(=O)OC)c1C. The molecule has 0 bridgehead atoms. The molecule has 6 nitrogen and oxygen atoms in total. The van der Waals surface area contributed by atoms with Crippen LogP contribution in [0.1, 0.15) is 25.6 Å². The molecule has 0 radical (unpaired) electrons. The third-order valence-electron chi connectivity index (χ3n) is 3.56. The van der Waals surface area contributed by atoms with Crippen molar-refractivity contribution in [1.29, 1.82) is 0 Å². The first-order valence-electron chi connectivity index (χ1n) is 7.20. The number of halogens is 9. The molecule has 0 atom stereocenters. The molecule has 0 saturated heterocycles. The normalized spacial score (nSPS) is 13.1. The summed E-state index contributed by atoms with van der Waals surface area (Å²) in [5, 5.41) is -0.0696. The van der Waals surface area contributed by atoms with Crippen LogP contribution in [-0.4, -0.2) is 56.0 Å². The van der Waals surface area contributed by atoms with Crippen molar-refractivity contribution in [3.8, 4) is 0 Å². The van der Waals surface area contributed by atoms with Crippen molar-refractivity contribution < 1.29 is 63.4 Å². The Bertz CT molecular complexity index is 863. The number of hydrogen-bond acceptors (Lipinski definition) is 6. The number of methoxy groups -OCH3 is 2. The quantitative estimate of drug-likeness (QED) is 0.497. The molecule has 30 heavy (non-hydrogen) atoms. The van der Waals surface area contributed by atoms with Crippen molar-refractivity contribution in [2.45, 2.75) is 30.9 Å². The highest BCUT2D eigenvalue weighted by Gasteiger charge is 2.83. The molecular weight excluding hydrogens is 465 g/mol. The molecule has 0 fully saturated rings. The van der Waals surface area contributed by atoms with E-state index in [1.807, 2.05) is 0 Å². The lowest BCUT2D eigenvalue weighted by Crippen LogP contribution is -2.64. The summed E-state index contributed by atoms with van der Waals surface area (Å²) in [7, 11) is 1.64. The average Bonchev–Trinajstić information content (AvgIpc) is 2.94. The van der Waals surface area contributed by atoms with Gasteiger partial charge in [-0.15, -0.1) is 11.3 Å². The summed E-state index contributed by atoms with van der Waals surface area (Å²) >= 11 is 0.0353. The molecule has 1 N–H and O–H groups in total. The van der Waals surface area contributed by atoms with Gasteiger partial charge in [0.1, 0.15) is 9.88 Å². The highest BCUT2D eigenvalue weighted by atomic mass is 32.1. The minimum atomic E-state index is -7.28. The van der Waals surface area contributed by atoms with E-state index < -0.39 is 57.2 Å². The van der Waals surface area contributed by atoms with Gasteiger partial charge in [0.15, 0.2) is 0 Å². The number of alkyl halides is 9. The van der Waals surface area contributed by atoms with Crippen molar-refractivity contribution in [3.63, 3.8) is 0 Å². The lowest BCUT2D eigenvalue weighted by Gasteiger charge is -2.32. The lowest BCUT2D eigenvalue weighted by molar-refractivity contribution is -0.388. The number of amides is 1. The Kier molecular flexibility index (Phi) is 6.77. The second-order valence-electron chi connectivity index (χ2n) is 5.42. The molecule has 1 aromatic rings. The Labute approximate surface area is 164 Å². The van der Waals surface area contributed by atoms with Crippen LogP contribution >= 0.6 is 11.3 Å². The van der Waals surface area contributed by atoms with E-state index >= 15 is 0 Å². The number of ether oxygens (including phenoxy) is 2. The molecule has 0 spiro atoms. The van der Waals surface area contributed by atoms with Crippen LogP contribution in [0.3, 0.4) is 0 Å². The summed E-state index contributed by atoms with van der Waals surface area (Å²) in [6.45, 7) is 1.04. The van der Waals surface area contributed by atoms with Gasteiger partial charge in [-0.3, -0.25) is 4.79 Å².